The van der Waals surface area contributed by atoms with Gasteiger partial charge in [0.05, 0.1) is 5.69 Å². The van der Waals surface area contributed by atoms with E-state index >= 15 is 0 Å². The Morgan fingerprint density at radius 3 is 2.43 bits per heavy atom. The van der Waals surface area contributed by atoms with Gasteiger partial charge in [-0.2, -0.15) is 8.42 Å². The Morgan fingerprint density at radius 1 is 1.26 bits per heavy atom. The number of benzene rings is 1. The molecule has 1 aromatic carbocycles. The van der Waals surface area contributed by atoms with Crippen molar-refractivity contribution in [2.24, 2.45) is 0 Å². The fourth-order valence-electron chi connectivity index (χ4n) is 2.45. The highest BCUT2D eigenvalue weighted by Gasteiger charge is 2.43. The average Bonchev–Trinajstić information content (AvgIpc) is 2.65. The molecule has 1 heterocycles. The third kappa shape index (κ3) is 3.64. The lowest BCUT2D eigenvalue weighted by Crippen LogP contribution is -2.37. The fraction of sp³-hybridized carbons (Fsp3) is 0.467. The first kappa shape index (κ1) is 17.7. The molecular formula is C15H22N2O4SSi. The number of anilines is 1. The number of aldehydes is 1. The molecular weight excluding hydrogens is 332 g/mol. The summed E-state index contributed by atoms with van der Waals surface area (Å²) in [5.74, 6) is -0.401. The molecule has 6 nitrogen and oxygen atoms in total. The van der Waals surface area contributed by atoms with Crippen molar-refractivity contribution in [1.29, 1.82) is 0 Å². The molecule has 126 valence electrons. The van der Waals surface area contributed by atoms with Crippen molar-refractivity contribution in [1.82, 2.24) is 4.31 Å². The first-order valence-electron chi connectivity index (χ1n) is 7.45. The van der Waals surface area contributed by atoms with Gasteiger partial charge in [-0.25, -0.2) is 8.61 Å². The van der Waals surface area contributed by atoms with Gasteiger partial charge in [-0.05, 0) is 36.7 Å². The number of carbonyl (C=O) groups excluding carboxylic acids is 2. The van der Waals surface area contributed by atoms with Crippen LogP contribution in [-0.4, -0.2) is 46.1 Å². The molecule has 0 aliphatic carbocycles. The van der Waals surface area contributed by atoms with E-state index < -0.39 is 24.2 Å². The summed E-state index contributed by atoms with van der Waals surface area (Å²) in [6.45, 7) is 8.20. The second kappa shape index (κ2) is 6.08. The van der Waals surface area contributed by atoms with Crippen molar-refractivity contribution in [3.05, 3.63) is 29.3 Å². The molecule has 0 bridgehead atoms. The molecule has 0 radical (unpaired) electrons. The molecule has 0 unspecified atom stereocenters. The van der Waals surface area contributed by atoms with Crippen LogP contribution in [0.3, 0.4) is 0 Å². The van der Waals surface area contributed by atoms with Crippen LogP contribution < -0.4 is 4.31 Å². The lowest BCUT2D eigenvalue weighted by Gasteiger charge is -2.23. The van der Waals surface area contributed by atoms with Crippen molar-refractivity contribution in [3.63, 3.8) is 0 Å². The summed E-state index contributed by atoms with van der Waals surface area (Å²) in [5, 5.41) is 0. The van der Waals surface area contributed by atoms with E-state index in [0.29, 0.717) is 23.1 Å². The van der Waals surface area contributed by atoms with Crippen LogP contribution in [0.25, 0.3) is 0 Å². The normalized spacial score (nSPS) is 17.7. The number of hydrogen-bond acceptors (Lipinski definition) is 4. The van der Waals surface area contributed by atoms with Gasteiger partial charge in [0.15, 0.2) is 0 Å². The van der Waals surface area contributed by atoms with Crippen LogP contribution in [0.2, 0.25) is 25.7 Å². The van der Waals surface area contributed by atoms with Gasteiger partial charge < -0.3 is 0 Å². The van der Waals surface area contributed by atoms with Crippen LogP contribution in [-0.2, 0) is 15.0 Å². The molecule has 1 aliphatic rings. The van der Waals surface area contributed by atoms with Crippen molar-refractivity contribution >= 4 is 36.2 Å². The fourth-order valence-corrected chi connectivity index (χ4v) is 5.11. The van der Waals surface area contributed by atoms with Crippen molar-refractivity contribution in [2.75, 3.05) is 17.4 Å². The smallest absolute Gasteiger partial charge is 0.298 e. The Morgan fingerprint density at radius 2 is 1.91 bits per heavy atom. The summed E-state index contributed by atoms with van der Waals surface area (Å²) >= 11 is 0. The van der Waals surface area contributed by atoms with E-state index in [1.165, 1.54) is 0 Å². The second-order valence-electron chi connectivity index (χ2n) is 6.95. The number of rotatable bonds is 5. The highest BCUT2D eigenvalue weighted by atomic mass is 32.2. The van der Waals surface area contributed by atoms with E-state index in [1.54, 1.807) is 25.1 Å². The minimum absolute atomic E-state index is 0.185. The molecule has 0 aromatic heterocycles. The van der Waals surface area contributed by atoms with Gasteiger partial charge in [0, 0.05) is 20.2 Å². The maximum Gasteiger partial charge on any atom is 0.329 e. The summed E-state index contributed by atoms with van der Waals surface area (Å²) < 4.78 is 27.5. The molecule has 1 fully saturated rings. The topological polar surface area (TPSA) is 74.8 Å². The highest BCUT2D eigenvalue weighted by molar-refractivity contribution is 7.91. The molecule has 1 aliphatic heterocycles. The Kier molecular flexibility index (Phi) is 4.68. The van der Waals surface area contributed by atoms with Crippen molar-refractivity contribution in [2.45, 2.75) is 32.6 Å². The van der Waals surface area contributed by atoms with Crippen LogP contribution in [0.15, 0.2) is 18.2 Å². The quantitative estimate of drug-likeness (QED) is 0.599. The summed E-state index contributed by atoms with van der Waals surface area (Å²) in [6.07, 6.45) is 0.709. The minimum Gasteiger partial charge on any atom is -0.298 e. The molecule has 1 saturated heterocycles. The number of amides is 1. The molecule has 8 heteroatoms. The number of nitrogens with zero attached hydrogens (tertiary/aromatic N) is 2. The van der Waals surface area contributed by atoms with Crippen LogP contribution in [0.4, 0.5) is 5.69 Å². The molecule has 0 spiro atoms. The van der Waals surface area contributed by atoms with Gasteiger partial charge in [-0.15, -0.1) is 0 Å². The van der Waals surface area contributed by atoms with E-state index in [-0.39, 0.29) is 13.1 Å². The van der Waals surface area contributed by atoms with E-state index in [0.717, 1.165) is 14.7 Å². The third-order valence-electron chi connectivity index (χ3n) is 3.80. The predicted molar refractivity (Wildman–Crippen MR) is 92.7 cm³/mol. The summed E-state index contributed by atoms with van der Waals surface area (Å²) in [4.78, 5) is 23.0. The molecule has 1 aromatic rings. The zero-order chi connectivity index (χ0) is 17.4. The molecule has 0 N–H and O–H groups in total. The van der Waals surface area contributed by atoms with Gasteiger partial charge in [0.1, 0.15) is 12.8 Å². The maximum absolute atomic E-state index is 12.7. The lowest BCUT2D eigenvalue weighted by atomic mass is 10.1. The van der Waals surface area contributed by atoms with Crippen molar-refractivity contribution < 1.29 is 18.0 Å². The monoisotopic (exact) mass is 354 g/mol. The van der Waals surface area contributed by atoms with Gasteiger partial charge in [-0.1, -0.05) is 19.6 Å². The Bertz CT molecular complexity index is 740. The van der Waals surface area contributed by atoms with Crippen LogP contribution in [0.5, 0.6) is 0 Å². The first-order valence-corrected chi connectivity index (χ1v) is 12.6. The van der Waals surface area contributed by atoms with E-state index in [1.807, 2.05) is 0 Å². The number of aryl methyl sites for hydroxylation is 1. The highest BCUT2D eigenvalue weighted by Crippen LogP contribution is 2.30. The SMILES string of the molecule is Cc1cc(C=O)ccc1N1CC(=O)N(CC[Si](C)(C)C)S1(=O)=O. The molecule has 0 saturated carbocycles. The van der Waals surface area contributed by atoms with Crippen LogP contribution in [0, 0.1) is 6.92 Å². The second-order valence-corrected chi connectivity index (χ2v) is 14.4. The molecule has 0 atom stereocenters. The molecule has 2 rings (SSSR count). The average molecular weight is 355 g/mol. The van der Waals surface area contributed by atoms with E-state index in [2.05, 4.69) is 19.6 Å². The third-order valence-corrected chi connectivity index (χ3v) is 7.35. The molecule has 1 amide bonds. The summed E-state index contributed by atoms with van der Waals surface area (Å²) in [7, 11) is -5.30. The number of hydrogen-bond donors (Lipinski definition) is 0. The van der Waals surface area contributed by atoms with E-state index in [4.69, 9.17) is 0 Å². The zero-order valence-corrected chi connectivity index (χ0v) is 15.7. The zero-order valence-electron chi connectivity index (χ0n) is 13.9. The predicted octanol–water partition coefficient (Wildman–Crippen LogP) is 2.04. The number of carbonyl (C=O) groups is 2. The Labute approximate surface area is 138 Å². The molecule has 23 heavy (non-hydrogen) atoms. The van der Waals surface area contributed by atoms with Crippen LogP contribution >= 0.6 is 0 Å². The largest absolute Gasteiger partial charge is 0.329 e. The Balaban J connectivity index is 2.32. The summed E-state index contributed by atoms with van der Waals surface area (Å²) in [5.41, 5.74) is 1.57. The van der Waals surface area contributed by atoms with E-state index in [9.17, 15) is 18.0 Å². The minimum atomic E-state index is -3.84. The van der Waals surface area contributed by atoms with Gasteiger partial charge >= 0.3 is 10.2 Å². The first-order chi connectivity index (χ1) is 10.6. The Hall–Kier alpha value is -1.67. The van der Waals surface area contributed by atoms with Crippen LogP contribution in [0.1, 0.15) is 15.9 Å². The van der Waals surface area contributed by atoms with Gasteiger partial charge in [-0.3, -0.25) is 9.59 Å². The lowest BCUT2D eigenvalue weighted by molar-refractivity contribution is -0.123. The standard InChI is InChI=1S/C15H22N2O4SSi/c1-12-9-13(11-18)5-6-14(12)17-10-15(19)16(22(17,20)21)7-8-23(2,3)4/h5-6,9,11H,7-8,10H2,1-4H3. The van der Waals surface area contributed by atoms with Gasteiger partial charge in [0.2, 0.25) is 0 Å². The van der Waals surface area contributed by atoms with Crippen molar-refractivity contribution in [3.8, 4) is 0 Å². The maximum atomic E-state index is 12.7. The van der Waals surface area contributed by atoms with Gasteiger partial charge in [0.25, 0.3) is 5.91 Å². The summed E-state index contributed by atoms with van der Waals surface area (Å²) in [6, 6.07) is 5.48.